The fourth-order valence-corrected chi connectivity index (χ4v) is 6.29. The summed E-state index contributed by atoms with van der Waals surface area (Å²) >= 11 is 0. The van der Waals surface area contributed by atoms with E-state index >= 15 is 4.39 Å². The Morgan fingerprint density at radius 2 is 1.43 bits per heavy atom. The predicted octanol–water partition coefficient (Wildman–Crippen LogP) is 2.52. The second-order valence-electron chi connectivity index (χ2n) is 12.8. The molecule has 2 aliphatic rings. The van der Waals surface area contributed by atoms with Crippen LogP contribution in [0.5, 0.6) is 5.75 Å². The van der Waals surface area contributed by atoms with E-state index in [-0.39, 0.29) is 23.3 Å². The Hall–Kier alpha value is -5.55. The first-order valence-electron chi connectivity index (χ1n) is 17.2. The third-order valence-electron chi connectivity index (χ3n) is 8.73. The van der Waals surface area contributed by atoms with E-state index in [2.05, 4.69) is 4.90 Å². The summed E-state index contributed by atoms with van der Waals surface area (Å²) in [6.45, 7) is 8.24. The number of hydrogen-bond donors (Lipinski definition) is 0. The fourth-order valence-electron chi connectivity index (χ4n) is 6.29. The molecule has 5 atom stereocenters. The molecule has 1 aromatic heterocycles. The number of benzene rings is 2. The van der Waals surface area contributed by atoms with Crippen LogP contribution in [0.1, 0.15) is 45.0 Å². The van der Waals surface area contributed by atoms with Gasteiger partial charge >= 0.3 is 29.8 Å². The van der Waals surface area contributed by atoms with Crippen LogP contribution < -0.4 is 15.1 Å². The average Bonchev–Trinajstić information content (AvgIpc) is 3.10. The molecule has 3 heterocycles. The quantitative estimate of drug-likeness (QED) is 0.206. The number of fused-ring (bicyclic) bond motifs is 1. The lowest BCUT2D eigenvalue weighted by molar-refractivity contribution is -0.288. The normalized spacial score (nSPS) is 21.5. The van der Waals surface area contributed by atoms with Crippen LogP contribution >= 0.6 is 0 Å². The molecule has 2 fully saturated rings. The maximum atomic E-state index is 15.6. The van der Waals surface area contributed by atoms with E-state index in [1.54, 1.807) is 29.7 Å². The highest BCUT2D eigenvalue weighted by molar-refractivity contribution is 5.95. The highest BCUT2D eigenvalue weighted by atomic mass is 19.1. The Labute approximate surface area is 309 Å². The van der Waals surface area contributed by atoms with E-state index in [4.69, 9.17) is 33.2 Å². The Kier molecular flexibility index (Phi) is 12.5. The van der Waals surface area contributed by atoms with Crippen molar-refractivity contribution in [3.8, 4) is 11.4 Å². The molecule has 0 saturated carbocycles. The lowest BCUT2D eigenvalue weighted by Gasteiger charge is -2.43. The monoisotopic (exact) mass is 755 g/mol. The number of piperazine rings is 1. The van der Waals surface area contributed by atoms with E-state index in [1.165, 1.54) is 18.3 Å². The van der Waals surface area contributed by atoms with Gasteiger partial charge in [0.2, 0.25) is 17.8 Å². The molecular formula is C37H42FN3O13. The maximum Gasteiger partial charge on any atom is 0.343 e. The summed E-state index contributed by atoms with van der Waals surface area (Å²) in [5, 5.41) is -0.0336. The molecule has 16 nitrogen and oxygen atoms in total. The second kappa shape index (κ2) is 17.1. The minimum Gasteiger partial charge on any atom is -0.463 e. The van der Waals surface area contributed by atoms with Gasteiger partial charge in [-0.1, -0.05) is 0 Å². The number of likely N-dealkylation sites (N-methyl/N-ethyl adjacent to an activating group) is 1. The van der Waals surface area contributed by atoms with Crippen molar-refractivity contribution in [3.63, 3.8) is 0 Å². The van der Waals surface area contributed by atoms with Gasteiger partial charge in [0.15, 0.2) is 12.2 Å². The first-order chi connectivity index (χ1) is 25.7. The minimum absolute atomic E-state index is 0.0122. The third-order valence-corrected chi connectivity index (χ3v) is 8.73. The Morgan fingerprint density at radius 3 is 2.02 bits per heavy atom. The zero-order chi connectivity index (χ0) is 39.3. The zero-order valence-electron chi connectivity index (χ0n) is 30.7. The molecule has 0 amide bonds. The van der Waals surface area contributed by atoms with Gasteiger partial charge in [-0.2, -0.15) is 0 Å². The van der Waals surface area contributed by atoms with E-state index in [9.17, 15) is 28.8 Å². The van der Waals surface area contributed by atoms with Crippen molar-refractivity contribution in [2.24, 2.45) is 0 Å². The lowest BCUT2D eigenvalue weighted by atomic mass is 9.98. The standard InChI is InChI=1S/C37H42FN3O13/c1-7-48-36(47)27-18-41(29-17-30(28(38)16-26(29)32(27)46)40-14-12-39(6)13-15-40)24-8-10-25(11-9-24)53-37-35(52-23(5)45)34(51-22(4)44)33(50-21(3)43)31(54-37)19-49-20(2)42/h8-11,16-18,31,33-35,37H,7,12-15,19H2,1-6H3/t31-,33+,34+,35-,37-/m1/s1. The van der Waals surface area contributed by atoms with E-state index in [0.29, 0.717) is 43.1 Å². The number of carbonyl (C=O) groups excluding carboxylic acids is 5. The van der Waals surface area contributed by atoms with Gasteiger partial charge in [0.05, 0.1) is 17.8 Å². The summed E-state index contributed by atoms with van der Waals surface area (Å²) in [5.74, 6) is -4.35. The Balaban J connectivity index is 1.55. The summed E-state index contributed by atoms with van der Waals surface area (Å²) in [7, 11) is 1.98. The topological polar surface area (TPSA) is 178 Å². The first kappa shape index (κ1) is 39.7. The van der Waals surface area contributed by atoms with Crippen LogP contribution in [0.15, 0.2) is 47.4 Å². The predicted molar refractivity (Wildman–Crippen MR) is 188 cm³/mol. The number of aromatic nitrogens is 1. The molecule has 3 aromatic rings. The average molecular weight is 756 g/mol. The second-order valence-corrected chi connectivity index (χ2v) is 12.8. The Bertz CT molecular complexity index is 1960. The summed E-state index contributed by atoms with van der Waals surface area (Å²) in [4.78, 5) is 78.6. The number of ether oxygens (including phenoxy) is 7. The van der Waals surface area contributed by atoms with Crippen molar-refractivity contribution >= 4 is 46.4 Å². The van der Waals surface area contributed by atoms with Crippen LogP contribution in [0.2, 0.25) is 0 Å². The molecule has 2 aromatic carbocycles. The molecule has 290 valence electrons. The molecule has 17 heteroatoms. The highest BCUT2D eigenvalue weighted by Gasteiger charge is 2.53. The molecule has 0 aliphatic carbocycles. The fraction of sp³-hybridized carbons (Fsp3) is 0.459. The van der Waals surface area contributed by atoms with Gasteiger partial charge in [0.25, 0.3) is 0 Å². The molecule has 0 N–H and O–H groups in total. The van der Waals surface area contributed by atoms with Crippen LogP contribution in [0.4, 0.5) is 10.1 Å². The molecule has 0 bridgehead atoms. The van der Waals surface area contributed by atoms with Crippen molar-refractivity contribution in [2.45, 2.75) is 65.3 Å². The number of carbonyl (C=O) groups is 5. The number of nitrogens with zero attached hydrogens (tertiary/aromatic N) is 3. The maximum absolute atomic E-state index is 15.6. The van der Waals surface area contributed by atoms with E-state index in [0.717, 1.165) is 33.8 Å². The molecule has 54 heavy (non-hydrogen) atoms. The summed E-state index contributed by atoms with van der Waals surface area (Å²) < 4.78 is 56.0. The van der Waals surface area contributed by atoms with Gasteiger partial charge in [-0.3, -0.25) is 24.0 Å². The molecule has 0 spiro atoms. The van der Waals surface area contributed by atoms with Gasteiger partial charge in [0, 0.05) is 71.1 Å². The molecule has 0 radical (unpaired) electrons. The SMILES string of the molecule is CCOC(=O)c1cn(-c2ccc(O[C@@H]3O[C@H](COC(C)=O)[C@H](OC(C)=O)[C@H](OC(C)=O)[C@H]3OC(C)=O)cc2)c2cc(N3CCN(C)CC3)c(F)cc2c1=O. The zero-order valence-corrected chi connectivity index (χ0v) is 30.7. The number of anilines is 1. The van der Waals surface area contributed by atoms with Crippen LogP contribution in [0, 0.1) is 5.82 Å². The number of hydrogen-bond acceptors (Lipinski definition) is 15. The number of esters is 5. The molecule has 2 aliphatic heterocycles. The summed E-state index contributed by atoms with van der Waals surface area (Å²) in [6, 6.07) is 8.93. The van der Waals surface area contributed by atoms with Crippen LogP contribution in [-0.4, -0.2) is 116 Å². The number of halogens is 1. The van der Waals surface area contributed by atoms with Crippen molar-refractivity contribution < 1.29 is 61.5 Å². The summed E-state index contributed by atoms with van der Waals surface area (Å²) in [5.41, 5.74) is 0.0873. The minimum atomic E-state index is -1.48. The van der Waals surface area contributed by atoms with Gasteiger partial charge in [-0.15, -0.1) is 0 Å². The van der Waals surface area contributed by atoms with Crippen molar-refractivity contribution in [2.75, 3.05) is 51.3 Å². The van der Waals surface area contributed by atoms with Crippen LogP contribution in [0.3, 0.4) is 0 Å². The molecule has 0 unspecified atom stereocenters. The number of pyridine rings is 1. The molecule has 2 saturated heterocycles. The third kappa shape index (κ3) is 9.14. The smallest absolute Gasteiger partial charge is 0.343 e. The first-order valence-corrected chi connectivity index (χ1v) is 17.2. The largest absolute Gasteiger partial charge is 0.463 e. The van der Waals surface area contributed by atoms with Crippen molar-refractivity contribution in [1.29, 1.82) is 0 Å². The summed E-state index contributed by atoms with van der Waals surface area (Å²) in [6.07, 6.45) is -5.61. The van der Waals surface area contributed by atoms with Gasteiger partial charge in [0.1, 0.15) is 29.8 Å². The van der Waals surface area contributed by atoms with Gasteiger partial charge < -0.3 is 47.5 Å². The van der Waals surface area contributed by atoms with Gasteiger partial charge in [-0.25, -0.2) is 9.18 Å². The van der Waals surface area contributed by atoms with Crippen molar-refractivity contribution in [1.82, 2.24) is 9.47 Å². The van der Waals surface area contributed by atoms with Gasteiger partial charge in [-0.05, 0) is 50.4 Å². The molecule has 5 rings (SSSR count). The van der Waals surface area contributed by atoms with E-state index < -0.39 is 78.4 Å². The number of rotatable bonds is 11. The molecular weight excluding hydrogens is 713 g/mol. The van der Waals surface area contributed by atoms with Crippen LogP contribution in [0.25, 0.3) is 16.6 Å². The Morgan fingerprint density at radius 1 is 0.815 bits per heavy atom. The van der Waals surface area contributed by atoms with Crippen LogP contribution in [-0.2, 0) is 47.6 Å². The highest BCUT2D eigenvalue weighted by Crippen LogP contribution is 2.32. The lowest BCUT2D eigenvalue weighted by Crippen LogP contribution is -2.63. The van der Waals surface area contributed by atoms with E-state index in [1.807, 2.05) is 11.9 Å². The van der Waals surface area contributed by atoms with Crippen molar-refractivity contribution in [3.05, 3.63) is 64.2 Å².